The van der Waals surface area contributed by atoms with Crippen LogP contribution in [0.5, 0.6) is 0 Å². The fourth-order valence-electron chi connectivity index (χ4n) is 1.61. The van der Waals surface area contributed by atoms with Crippen molar-refractivity contribution in [3.8, 4) is 0 Å². The molecule has 1 heterocycles. The average Bonchev–Trinajstić information content (AvgIpc) is 2.82. The van der Waals surface area contributed by atoms with Crippen LogP contribution in [0, 0.1) is 0 Å². The minimum Gasteiger partial charge on any atom is -0.480 e. The van der Waals surface area contributed by atoms with Gasteiger partial charge in [-0.1, -0.05) is 5.21 Å². The van der Waals surface area contributed by atoms with E-state index in [-0.39, 0.29) is 13.1 Å². The average molecular weight is 300 g/mol. The van der Waals surface area contributed by atoms with Crippen LogP contribution in [-0.4, -0.2) is 26.1 Å². The Morgan fingerprint density at radius 1 is 1.29 bits per heavy atom. The third-order valence-electron chi connectivity index (χ3n) is 2.57. The Kier molecular flexibility index (Phi) is 4.10. The highest BCUT2D eigenvalue weighted by molar-refractivity contribution is 5.66. The van der Waals surface area contributed by atoms with Crippen molar-refractivity contribution >= 4 is 11.7 Å². The number of aliphatic carboxylic acids is 1. The lowest BCUT2D eigenvalue weighted by Gasteiger charge is -2.08. The molecule has 2 N–H and O–H groups in total. The molecule has 112 valence electrons. The molecular weight excluding hydrogens is 289 g/mol. The van der Waals surface area contributed by atoms with Crippen LogP contribution in [0.4, 0.5) is 18.9 Å². The van der Waals surface area contributed by atoms with Crippen molar-refractivity contribution in [3.05, 3.63) is 41.7 Å². The van der Waals surface area contributed by atoms with Crippen molar-refractivity contribution in [2.45, 2.75) is 19.3 Å². The molecule has 2 aromatic rings. The van der Waals surface area contributed by atoms with Crippen molar-refractivity contribution < 1.29 is 23.1 Å². The Labute approximate surface area is 117 Å². The molecule has 21 heavy (non-hydrogen) atoms. The molecule has 1 aromatic carbocycles. The summed E-state index contributed by atoms with van der Waals surface area (Å²) < 4.78 is 38.3. The number of carboxylic acids is 1. The second-order valence-corrected chi connectivity index (χ2v) is 4.23. The van der Waals surface area contributed by atoms with E-state index in [1.54, 1.807) is 0 Å². The van der Waals surface area contributed by atoms with Crippen LogP contribution < -0.4 is 5.32 Å². The summed E-state index contributed by atoms with van der Waals surface area (Å²) in [4.78, 5) is 10.5. The molecule has 0 unspecified atom stereocenters. The predicted molar refractivity (Wildman–Crippen MR) is 66.4 cm³/mol. The fraction of sp³-hybridized carbons (Fsp3) is 0.250. The number of rotatable bonds is 5. The summed E-state index contributed by atoms with van der Waals surface area (Å²) >= 11 is 0. The first kappa shape index (κ1) is 14.8. The van der Waals surface area contributed by atoms with Crippen LogP contribution >= 0.6 is 0 Å². The van der Waals surface area contributed by atoms with E-state index in [0.717, 1.165) is 16.8 Å². The minimum atomic E-state index is -4.36. The number of hydrogen-bond acceptors (Lipinski definition) is 4. The highest BCUT2D eigenvalue weighted by Crippen LogP contribution is 2.29. The van der Waals surface area contributed by atoms with E-state index in [2.05, 4.69) is 15.6 Å². The van der Waals surface area contributed by atoms with Gasteiger partial charge < -0.3 is 10.4 Å². The molecule has 0 spiro atoms. The lowest BCUT2D eigenvalue weighted by atomic mass is 10.2. The summed E-state index contributed by atoms with van der Waals surface area (Å²) in [5, 5.41) is 18.8. The van der Waals surface area contributed by atoms with Gasteiger partial charge in [0.15, 0.2) is 0 Å². The van der Waals surface area contributed by atoms with Crippen LogP contribution in [0.15, 0.2) is 30.5 Å². The zero-order chi connectivity index (χ0) is 15.5. The quantitative estimate of drug-likeness (QED) is 0.882. The summed E-state index contributed by atoms with van der Waals surface area (Å²) in [6.07, 6.45) is -2.91. The first-order valence-electron chi connectivity index (χ1n) is 5.86. The molecule has 0 aliphatic heterocycles. The third-order valence-corrected chi connectivity index (χ3v) is 2.57. The highest BCUT2D eigenvalue weighted by Gasteiger charge is 2.29. The highest BCUT2D eigenvalue weighted by atomic mass is 19.4. The Balaban J connectivity index is 1.94. The first-order valence-corrected chi connectivity index (χ1v) is 5.86. The third kappa shape index (κ3) is 4.20. The van der Waals surface area contributed by atoms with Crippen LogP contribution in [0.25, 0.3) is 0 Å². The van der Waals surface area contributed by atoms with Gasteiger partial charge in [-0.05, 0) is 24.3 Å². The lowest BCUT2D eigenvalue weighted by Crippen LogP contribution is -2.09. The summed E-state index contributed by atoms with van der Waals surface area (Å²) in [6, 6.07) is 4.57. The van der Waals surface area contributed by atoms with Crippen LogP contribution in [0.2, 0.25) is 0 Å². The number of carbonyl (C=O) groups is 1. The van der Waals surface area contributed by atoms with Crippen molar-refractivity contribution in [1.82, 2.24) is 15.0 Å². The number of carboxylic acid groups (broad SMARTS) is 1. The molecule has 0 bridgehead atoms. The monoisotopic (exact) mass is 300 g/mol. The van der Waals surface area contributed by atoms with Gasteiger partial charge in [0.2, 0.25) is 0 Å². The second-order valence-electron chi connectivity index (χ2n) is 4.23. The SMILES string of the molecule is O=C(O)Cn1cc(CNc2ccc(C(F)(F)F)cc2)nn1. The van der Waals surface area contributed by atoms with E-state index in [9.17, 15) is 18.0 Å². The smallest absolute Gasteiger partial charge is 0.416 e. The zero-order valence-electron chi connectivity index (χ0n) is 10.6. The number of anilines is 1. The first-order chi connectivity index (χ1) is 9.84. The predicted octanol–water partition coefficient (Wildman–Crippen LogP) is 1.99. The molecular formula is C12H11F3N4O2. The van der Waals surface area contributed by atoms with E-state index in [4.69, 9.17) is 5.11 Å². The molecule has 6 nitrogen and oxygen atoms in total. The lowest BCUT2D eigenvalue weighted by molar-refractivity contribution is -0.138. The number of aromatic nitrogens is 3. The van der Waals surface area contributed by atoms with Crippen molar-refractivity contribution in [2.75, 3.05) is 5.32 Å². The number of halogens is 3. The largest absolute Gasteiger partial charge is 0.480 e. The van der Waals surface area contributed by atoms with E-state index < -0.39 is 17.7 Å². The van der Waals surface area contributed by atoms with Crippen molar-refractivity contribution in [1.29, 1.82) is 0 Å². The Hall–Kier alpha value is -2.58. The zero-order valence-corrected chi connectivity index (χ0v) is 10.6. The van der Waals surface area contributed by atoms with Gasteiger partial charge in [-0.2, -0.15) is 13.2 Å². The maximum absolute atomic E-state index is 12.4. The standard InChI is InChI=1S/C12H11F3N4O2/c13-12(14,15)8-1-3-9(4-2-8)16-5-10-6-19(18-17-10)7-11(20)21/h1-4,6,16H,5,7H2,(H,20,21). The topological polar surface area (TPSA) is 80.0 Å². The molecule has 9 heteroatoms. The maximum Gasteiger partial charge on any atom is 0.416 e. The van der Waals surface area contributed by atoms with E-state index in [1.165, 1.54) is 18.3 Å². The maximum atomic E-state index is 12.4. The molecule has 2 rings (SSSR count). The number of alkyl halides is 3. The normalized spacial score (nSPS) is 11.4. The van der Waals surface area contributed by atoms with Gasteiger partial charge in [0.05, 0.1) is 18.3 Å². The minimum absolute atomic E-state index is 0.227. The molecule has 0 amide bonds. The summed E-state index contributed by atoms with van der Waals surface area (Å²) in [5.41, 5.74) is 0.257. The van der Waals surface area contributed by atoms with Gasteiger partial charge in [0.1, 0.15) is 12.2 Å². The van der Waals surface area contributed by atoms with Gasteiger partial charge >= 0.3 is 12.1 Å². The molecule has 1 aromatic heterocycles. The summed E-state index contributed by atoms with van der Waals surface area (Å²) in [7, 11) is 0. The second kappa shape index (κ2) is 5.81. The Morgan fingerprint density at radius 2 is 1.95 bits per heavy atom. The van der Waals surface area contributed by atoms with Gasteiger partial charge in [0.25, 0.3) is 0 Å². The summed E-state index contributed by atoms with van der Waals surface area (Å²) in [6.45, 7) is -0.0712. The van der Waals surface area contributed by atoms with Crippen LogP contribution in [0.1, 0.15) is 11.3 Å². The Morgan fingerprint density at radius 3 is 2.52 bits per heavy atom. The van der Waals surface area contributed by atoms with Crippen molar-refractivity contribution in [3.63, 3.8) is 0 Å². The summed E-state index contributed by atoms with van der Waals surface area (Å²) in [5.74, 6) is -1.04. The van der Waals surface area contributed by atoms with Gasteiger partial charge in [-0.3, -0.25) is 4.79 Å². The number of benzene rings is 1. The van der Waals surface area contributed by atoms with Crippen LogP contribution in [0.3, 0.4) is 0 Å². The van der Waals surface area contributed by atoms with E-state index in [1.807, 2.05) is 0 Å². The number of nitrogens with zero attached hydrogens (tertiary/aromatic N) is 3. The molecule has 0 saturated carbocycles. The van der Waals surface area contributed by atoms with Gasteiger partial charge in [-0.15, -0.1) is 5.10 Å². The molecule has 0 aliphatic rings. The number of hydrogen-bond donors (Lipinski definition) is 2. The molecule has 0 fully saturated rings. The van der Waals surface area contributed by atoms with E-state index >= 15 is 0 Å². The van der Waals surface area contributed by atoms with Crippen molar-refractivity contribution in [2.24, 2.45) is 0 Å². The van der Waals surface area contributed by atoms with Crippen LogP contribution in [-0.2, 0) is 24.1 Å². The van der Waals surface area contributed by atoms with Gasteiger partial charge in [-0.25, -0.2) is 4.68 Å². The van der Waals surface area contributed by atoms with E-state index in [0.29, 0.717) is 11.4 Å². The number of nitrogens with one attached hydrogen (secondary N) is 1. The molecule has 0 saturated heterocycles. The van der Waals surface area contributed by atoms with Gasteiger partial charge in [0, 0.05) is 5.69 Å². The Bertz CT molecular complexity index is 622. The molecule has 0 aliphatic carbocycles. The molecule has 0 atom stereocenters. The fourth-order valence-corrected chi connectivity index (χ4v) is 1.61. The molecule has 0 radical (unpaired) electrons.